The van der Waals surface area contributed by atoms with E-state index in [-0.39, 0.29) is 0 Å². The Morgan fingerprint density at radius 3 is 1.16 bits per heavy atom. The van der Waals surface area contributed by atoms with E-state index in [1.807, 2.05) is 0 Å². The second kappa shape index (κ2) is 17.2. The van der Waals surface area contributed by atoms with Crippen LogP contribution < -0.4 is 0 Å². The zero-order valence-corrected chi connectivity index (χ0v) is 41.1. The molecule has 14 aromatic rings. The van der Waals surface area contributed by atoms with Crippen LogP contribution in [0.2, 0.25) is 0 Å². The molecule has 1 aliphatic rings. The van der Waals surface area contributed by atoms with Gasteiger partial charge in [0.1, 0.15) is 0 Å². The Balaban J connectivity index is 0.757. The van der Waals surface area contributed by atoms with Gasteiger partial charge in [-0.25, -0.2) is 0 Å². The number of hydrogen-bond acceptors (Lipinski definition) is 0. The molecular formula is C73H48N2. The van der Waals surface area contributed by atoms with Crippen LogP contribution in [0, 0.1) is 0 Å². The highest BCUT2D eigenvalue weighted by Gasteiger charge is 2.45. The zero-order chi connectivity index (χ0) is 49.5. The second-order valence-corrected chi connectivity index (χ2v) is 20.0. The molecule has 350 valence electrons. The van der Waals surface area contributed by atoms with Gasteiger partial charge in [0.25, 0.3) is 0 Å². The number of aromatic nitrogens is 2. The fraction of sp³-hybridized carbons (Fsp3) is 0.0137. The normalized spacial score (nSPS) is 12.6. The molecule has 0 amide bonds. The topological polar surface area (TPSA) is 9.86 Å². The lowest BCUT2D eigenvalue weighted by Crippen LogP contribution is -2.28. The van der Waals surface area contributed by atoms with Gasteiger partial charge in [0.05, 0.1) is 27.5 Å². The number of para-hydroxylation sites is 3. The first-order valence-corrected chi connectivity index (χ1v) is 26.0. The van der Waals surface area contributed by atoms with Gasteiger partial charge in [-0.1, -0.05) is 224 Å². The average Bonchev–Trinajstić information content (AvgIpc) is 4.13. The quantitative estimate of drug-likeness (QED) is 0.144. The minimum Gasteiger partial charge on any atom is -0.309 e. The summed E-state index contributed by atoms with van der Waals surface area (Å²) in [7, 11) is 0. The van der Waals surface area contributed by atoms with Crippen molar-refractivity contribution in [2.45, 2.75) is 5.41 Å². The summed E-state index contributed by atoms with van der Waals surface area (Å²) in [4.78, 5) is 0. The lowest BCUT2D eigenvalue weighted by atomic mass is 9.67. The minimum atomic E-state index is -0.436. The number of nitrogens with zero attached hydrogens (tertiary/aromatic N) is 2. The van der Waals surface area contributed by atoms with Crippen LogP contribution >= 0.6 is 0 Å². The molecule has 0 saturated heterocycles. The van der Waals surface area contributed by atoms with Crippen LogP contribution in [0.25, 0.3) is 111 Å². The summed E-state index contributed by atoms with van der Waals surface area (Å²) in [5.41, 5.74) is 24.1. The third kappa shape index (κ3) is 6.66. The van der Waals surface area contributed by atoms with Crippen molar-refractivity contribution in [2.75, 3.05) is 0 Å². The molecule has 12 aromatic carbocycles. The third-order valence-electron chi connectivity index (χ3n) is 16.0. The molecule has 0 N–H and O–H groups in total. The van der Waals surface area contributed by atoms with E-state index >= 15 is 0 Å². The molecule has 0 saturated carbocycles. The third-order valence-corrected chi connectivity index (χ3v) is 16.0. The highest BCUT2D eigenvalue weighted by atomic mass is 15.0. The van der Waals surface area contributed by atoms with E-state index in [9.17, 15) is 0 Å². The van der Waals surface area contributed by atoms with E-state index in [4.69, 9.17) is 0 Å². The molecule has 2 nitrogen and oxygen atoms in total. The molecular weight excluding hydrogens is 905 g/mol. The van der Waals surface area contributed by atoms with E-state index in [1.165, 1.54) is 127 Å². The van der Waals surface area contributed by atoms with Crippen molar-refractivity contribution >= 4 is 43.6 Å². The number of rotatable bonds is 8. The van der Waals surface area contributed by atoms with Crippen LogP contribution in [0.15, 0.2) is 291 Å². The summed E-state index contributed by atoms with van der Waals surface area (Å²) in [6.45, 7) is 0. The Kier molecular flexibility index (Phi) is 9.83. The maximum Gasteiger partial charge on any atom is 0.0713 e. The molecule has 75 heavy (non-hydrogen) atoms. The fourth-order valence-corrected chi connectivity index (χ4v) is 12.7. The standard InChI is InChI=1S/C73H48N2/c1-3-19-55(20-4-1)73(67-30-13-9-26-61(67)62-27-10-14-31-68(62)73)56-21-17-18-52(46-56)49-34-36-50(37-35-49)59-24-7-8-25-60(59)51-38-42-58(43-39-51)75-70-33-16-12-29-64(70)66-48-54(41-45-72(66)75)53-40-44-71-65(47-53)63-28-11-15-32-69(63)74(71)57-22-5-2-6-23-57/h1-48H. The first-order chi connectivity index (χ1) is 37.2. The van der Waals surface area contributed by atoms with Gasteiger partial charge in [-0.05, 0) is 145 Å². The Bertz CT molecular complexity index is 4450. The second-order valence-electron chi connectivity index (χ2n) is 20.0. The first-order valence-electron chi connectivity index (χ1n) is 26.0. The zero-order valence-electron chi connectivity index (χ0n) is 41.1. The summed E-state index contributed by atoms with van der Waals surface area (Å²) in [6, 6.07) is 107. The molecule has 15 rings (SSSR count). The van der Waals surface area contributed by atoms with Gasteiger partial charge in [0.15, 0.2) is 0 Å². The predicted molar refractivity (Wildman–Crippen MR) is 314 cm³/mol. The Morgan fingerprint density at radius 1 is 0.213 bits per heavy atom. The summed E-state index contributed by atoms with van der Waals surface area (Å²) in [5, 5.41) is 4.99. The van der Waals surface area contributed by atoms with E-state index in [0.29, 0.717) is 0 Å². The molecule has 0 radical (unpaired) electrons. The van der Waals surface area contributed by atoms with Crippen LogP contribution in [0.1, 0.15) is 22.3 Å². The maximum atomic E-state index is 2.42. The van der Waals surface area contributed by atoms with Gasteiger partial charge >= 0.3 is 0 Å². The average molecular weight is 953 g/mol. The lowest BCUT2D eigenvalue weighted by Gasteiger charge is -2.34. The molecule has 1 aliphatic carbocycles. The van der Waals surface area contributed by atoms with E-state index in [1.54, 1.807) is 0 Å². The van der Waals surface area contributed by atoms with Crippen molar-refractivity contribution in [2.24, 2.45) is 0 Å². The molecule has 0 bridgehead atoms. The van der Waals surface area contributed by atoms with Crippen LogP contribution in [0.4, 0.5) is 0 Å². The van der Waals surface area contributed by atoms with Crippen molar-refractivity contribution in [3.63, 3.8) is 0 Å². The van der Waals surface area contributed by atoms with Crippen LogP contribution in [0.3, 0.4) is 0 Å². The fourth-order valence-electron chi connectivity index (χ4n) is 12.7. The highest BCUT2D eigenvalue weighted by molar-refractivity contribution is 6.13. The SMILES string of the molecule is c1ccc(-n2c3ccccc3c3cc(-c4ccc5c(c4)c4ccccc4n5-c4ccc(-c5ccccc5-c5ccc(-c6cccc(C7(c8ccccc8)c8ccccc8-c8ccccc87)c6)cc5)cc4)ccc32)cc1. The smallest absolute Gasteiger partial charge is 0.0713 e. The Labute approximate surface area is 436 Å². The predicted octanol–water partition coefficient (Wildman–Crippen LogP) is 18.9. The van der Waals surface area contributed by atoms with Gasteiger partial charge in [-0.2, -0.15) is 0 Å². The van der Waals surface area contributed by atoms with E-state index < -0.39 is 5.41 Å². The van der Waals surface area contributed by atoms with Gasteiger partial charge < -0.3 is 9.13 Å². The molecule has 0 unspecified atom stereocenters. The molecule has 2 aromatic heterocycles. The summed E-state index contributed by atoms with van der Waals surface area (Å²) < 4.78 is 4.80. The molecule has 0 spiro atoms. The van der Waals surface area contributed by atoms with Gasteiger partial charge in [0.2, 0.25) is 0 Å². The molecule has 2 heterocycles. The monoisotopic (exact) mass is 952 g/mol. The largest absolute Gasteiger partial charge is 0.309 e. The van der Waals surface area contributed by atoms with Gasteiger partial charge in [-0.15, -0.1) is 0 Å². The Hall–Kier alpha value is -9.76. The summed E-state index contributed by atoms with van der Waals surface area (Å²) in [6.07, 6.45) is 0. The maximum absolute atomic E-state index is 2.42. The van der Waals surface area contributed by atoms with Crippen molar-refractivity contribution in [1.82, 2.24) is 9.13 Å². The Morgan fingerprint density at radius 2 is 0.600 bits per heavy atom. The molecule has 2 heteroatoms. The van der Waals surface area contributed by atoms with Crippen molar-refractivity contribution in [3.05, 3.63) is 313 Å². The number of fused-ring (bicyclic) bond motifs is 9. The molecule has 0 atom stereocenters. The first kappa shape index (κ1) is 42.9. The minimum absolute atomic E-state index is 0.436. The van der Waals surface area contributed by atoms with Crippen LogP contribution in [-0.4, -0.2) is 9.13 Å². The summed E-state index contributed by atoms with van der Waals surface area (Å²) >= 11 is 0. The van der Waals surface area contributed by atoms with Crippen molar-refractivity contribution in [3.8, 4) is 67.0 Å². The van der Waals surface area contributed by atoms with Gasteiger partial charge in [0, 0.05) is 32.9 Å². The van der Waals surface area contributed by atoms with E-state index in [0.717, 1.165) is 5.69 Å². The van der Waals surface area contributed by atoms with Crippen LogP contribution in [0.5, 0.6) is 0 Å². The van der Waals surface area contributed by atoms with Crippen LogP contribution in [-0.2, 0) is 5.41 Å². The van der Waals surface area contributed by atoms with Gasteiger partial charge in [-0.3, -0.25) is 0 Å². The number of benzene rings is 12. The van der Waals surface area contributed by atoms with Crippen molar-refractivity contribution < 1.29 is 0 Å². The van der Waals surface area contributed by atoms with Crippen molar-refractivity contribution in [1.29, 1.82) is 0 Å². The van der Waals surface area contributed by atoms with E-state index in [2.05, 4.69) is 300 Å². The highest BCUT2D eigenvalue weighted by Crippen LogP contribution is 2.56. The number of hydrogen-bond donors (Lipinski definition) is 0. The lowest BCUT2D eigenvalue weighted by molar-refractivity contribution is 0.769. The molecule has 0 aliphatic heterocycles. The summed E-state index contributed by atoms with van der Waals surface area (Å²) in [5.74, 6) is 0. The molecule has 0 fully saturated rings.